The molecule has 1 atom stereocenters. The van der Waals surface area contributed by atoms with Crippen molar-refractivity contribution < 1.29 is 14.1 Å². The summed E-state index contributed by atoms with van der Waals surface area (Å²) in [6.07, 6.45) is 7.38. The molecule has 0 saturated carbocycles. The Labute approximate surface area is 168 Å². The van der Waals surface area contributed by atoms with Crippen LogP contribution in [-0.4, -0.2) is 50.6 Å². The van der Waals surface area contributed by atoms with E-state index in [1.807, 2.05) is 36.1 Å². The maximum absolute atomic E-state index is 13.1. The van der Waals surface area contributed by atoms with Crippen molar-refractivity contribution in [1.29, 1.82) is 0 Å². The van der Waals surface area contributed by atoms with Crippen LogP contribution in [0.25, 0.3) is 11.5 Å². The van der Waals surface area contributed by atoms with Gasteiger partial charge in [0, 0.05) is 31.9 Å². The topological polar surface area (TPSA) is 94.2 Å². The van der Waals surface area contributed by atoms with Gasteiger partial charge in [0.05, 0.1) is 18.4 Å². The van der Waals surface area contributed by atoms with Gasteiger partial charge in [-0.3, -0.25) is 9.78 Å². The molecule has 150 valence electrons. The van der Waals surface area contributed by atoms with Crippen molar-refractivity contribution in [3.05, 3.63) is 54.3 Å². The molecule has 1 aromatic carbocycles. The highest BCUT2D eigenvalue weighted by Crippen LogP contribution is 2.25. The second-order valence-electron chi connectivity index (χ2n) is 7.00. The van der Waals surface area contributed by atoms with E-state index in [0.29, 0.717) is 48.3 Å². The number of piperidine rings is 1. The van der Waals surface area contributed by atoms with Crippen LogP contribution in [0.15, 0.2) is 47.4 Å². The van der Waals surface area contributed by atoms with Gasteiger partial charge < -0.3 is 14.2 Å². The lowest BCUT2D eigenvalue weighted by atomic mass is 9.94. The van der Waals surface area contributed by atoms with Gasteiger partial charge in [0.1, 0.15) is 11.4 Å². The molecule has 0 spiro atoms. The number of likely N-dealkylation sites (tertiary alicyclic amines) is 1. The smallest absolute Gasteiger partial charge is 0.257 e. The number of hydrogen-bond donors (Lipinski definition) is 0. The molecule has 4 rings (SSSR count). The summed E-state index contributed by atoms with van der Waals surface area (Å²) >= 11 is 0. The maximum Gasteiger partial charge on any atom is 0.257 e. The van der Waals surface area contributed by atoms with Crippen molar-refractivity contribution in [3.8, 4) is 17.3 Å². The Morgan fingerprint density at radius 3 is 3.03 bits per heavy atom. The van der Waals surface area contributed by atoms with Crippen LogP contribution in [0.3, 0.4) is 0 Å². The third-order valence-electron chi connectivity index (χ3n) is 4.95. The molecule has 29 heavy (non-hydrogen) atoms. The summed E-state index contributed by atoms with van der Waals surface area (Å²) in [5.74, 6) is 1.89. The number of rotatable bonds is 6. The minimum atomic E-state index is 0.00419. The molecule has 1 aliphatic rings. The summed E-state index contributed by atoms with van der Waals surface area (Å²) in [6, 6.07) is 7.40. The third kappa shape index (κ3) is 4.42. The Kier molecular flexibility index (Phi) is 5.79. The molecule has 1 amide bonds. The zero-order valence-corrected chi connectivity index (χ0v) is 16.3. The molecular weight excluding hydrogens is 370 g/mol. The van der Waals surface area contributed by atoms with Gasteiger partial charge in [-0.2, -0.15) is 4.98 Å². The minimum Gasteiger partial charge on any atom is -0.493 e. The van der Waals surface area contributed by atoms with Gasteiger partial charge in [-0.1, -0.05) is 17.3 Å². The lowest BCUT2D eigenvalue weighted by molar-refractivity contribution is 0.0664. The number of nitrogens with zero attached hydrogens (tertiary/aromatic N) is 5. The fourth-order valence-electron chi connectivity index (χ4n) is 3.61. The van der Waals surface area contributed by atoms with Crippen molar-refractivity contribution in [1.82, 2.24) is 25.0 Å². The van der Waals surface area contributed by atoms with Gasteiger partial charge in [-0.15, -0.1) is 0 Å². The Morgan fingerprint density at radius 1 is 1.31 bits per heavy atom. The van der Waals surface area contributed by atoms with E-state index >= 15 is 0 Å². The summed E-state index contributed by atoms with van der Waals surface area (Å²) in [6.45, 7) is 3.84. The van der Waals surface area contributed by atoms with Crippen molar-refractivity contribution in [3.63, 3.8) is 0 Å². The van der Waals surface area contributed by atoms with Crippen molar-refractivity contribution in [2.75, 3.05) is 19.7 Å². The highest BCUT2D eigenvalue weighted by Gasteiger charge is 2.27. The first-order chi connectivity index (χ1) is 14.2. The van der Waals surface area contributed by atoms with E-state index in [2.05, 4.69) is 20.1 Å². The molecule has 0 N–H and O–H groups in total. The van der Waals surface area contributed by atoms with Crippen LogP contribution < -0.4 is 4.74 Å². The van der Waals surface area contributed by atoms with Gasteiger partial charge in [-0.05, 0) is 37.8 Å². The molecule has 2 aromatic heterocycles. The zero-order chi connectivity index (χ0) is 20.1. The van der Waals surface area contributed by atoms with Crippen LogP contribution in [0, 0.1) is 5.92 Å². The van der Waals surface area contributed by atoms with E-state index in [-0.39, 0.29) is 11.8 Å². The van der Waals surface area contributed by atoms with Crippen LogP contribution in [-0.2, 0) is 6.42 Å². The van der Waals surface area contributed by atoms with E-state index in [4.69, 9.17) is 9.26 Å². The van der Waals surface area contributed by atoms with E-state index < -0.39 is 0 Å². The highest BCUT2D eigenvalue weighted by molar-refractivity contribution is 5.97. The maximum atomic E-state index is 13.1. The first-order valence-corrected chi connectivity index (χ1v) is 9.84. The zero-order valence-electron chi connectivity index (χ0n) is 16.3. The Hall–Kier alpha value is -3.29. The first-order valence-electron chi connectivity index (χ1n) is 9.84. The van der Waals surface area contributed by atoms with Gasteiger partial charge in [-0.25, -0.2) is 4.98 Å². The molecular formula is C21H23N5O3. The van der Waals surface area contributed by atoms with Gasteiger partial charge in [0.25, 0.3) is 5.91 Å². The normalized spacial score (nSPS) is 16.6. The lowest BCUT2D eigenvalue weighted by Gasteiger charge is -2.32. The van der Waals surface area contributed by atoms with Crippen LogP contribution in [0.1, 0.15) is 36.0 Å². The lowest BCUT2D eigenvalue weighted by Crippen LogP contribution is -2.40. The van der Waals surface area contributed by atoms with Crippen molar-refractivity contribution in [2.24, 2.45) is 5.92 Å². The van der Waals surface area contributed by atoms with Crippen LogP contribution in [0.5, 0.6) is 5.75 Å². The number of carbonyl (C=O) groups is 1. The monoisotopic (exact) mass is 393 g/mol. The van der Waals surface area contributed by atoms with E-state index in [1.54, 1.807) is 18.6 Å². The fourth-order valence-corrected chi connectivity index (χ4v) is 3.61. The largest absolute Gasteiger partial charge is 0.493 e. The molecule has 0 bridgehead atoms. The predicted octanol–water partition coefficient (Wildman–Crippen LogP) is 3.02. The summed E-state index contributed by atoms with van der Waals surface area (Å²) < 4.78 is 11.0. The van der Waals surface area contributed by atoms with Crippen LogP contribution in [0.2, 0.25) is 0 Å². The second-order valence-corrected chi connectivity index (χ2v) is 7.00. The molecule has 8 nitrogen and oxygen atoms in total. The van der Waals surface area contributed by atoms with E-state index in [1.165, 1.54) is 0 Å². The van der Waals surface area contributed by atoms with E-state index in [0.717, 1.165) is 19.4 Å². The van der Waals surface area contributed by atoms with Crippen LogP contribution >= 0.6 is 0 Å². The molecule has 3 aromatic rings. The highest BCUT2D eigenvalue weighted by atomic mass is 16.5. The van der Waals surface area contributed by atoms with Gasteiger partial charge >= 0.3 is 0 Å². The average Bonchev–Trinajstić information content (AvgIpc) is 3.23. The quantitative estimate of drug-likeness (QED) is 0.635. The number of amides is 1. The van der Waals surface area contributed by atoms with Gasteiger partial charge in [0.2, 0.25) is 11.7 Å². The van der Waals surface area contributed by atoms with E-state index in [9.17, 15) is 4.79 Å². The summed E-state index contributed by atoms with van der Waals surface area (Å²) in [4.78, 5) is 27.6. The van der Waals surface area contributed by atoms with Crippen molar-refractivity contribution in [2.45, 2.75) is 26.2 Å². The number of ether oxygens (including phenoxy) is 1. The molecule has 0 unspecified atom stereocenters. The number of para-hydroxylation sites is 1. The summed E-state index contributed by atoms with van der Waals surface area (Å²) in [7, 11) is 0. The molecule has 1 saturated heterocycles. The molecule has 0 aliphatic carbocycles. The number of carbonyl (C=O) groups excluding carboxylic acids is 1. The predicted molar refractivity (Wildman–Crippen MR) is 105 cm³/mol. The number of aromatic nitrogens is 4. The molecule has 8 heteroatoms. The molecule has 1 fully saturated rings. The number of hydrogen-bond acceptors (Lipinski definition) is 7. The molecule has 1 aliphatic heterocycles. The van der Waals surface area contributed by atoms with Crippen LogP contribution in [0.4, 0.5) is 0 Å². The Balaban J connectivity index is 1.43. The summed E-state index contributed by atoms with van der Waals surface area (Å²) in [5, 5.41) is 4.00. The minimum absolute atomic E-state index is 0.00419. The standard InChI is InChI=1S/C21H23N5O3/c1-2-28-18-8-4-3-7-16(18)21(27)26-11-5-6-15(14-26)12-19-24-20(25-29-19)17-13-22-9-10-23-17/h3-4,7-10,13,15H,2,5-6,11-12,14H2,1H3/t15-/m1/s1. The Morgan fingerprint density at radius 2 is 2.21 bits per heavy atom. The molecule has 3 heterocycles. The second kappa shape index (κ2) is 8.81. The van der Waals surface area contributed by atoms with Gasteiger partial charge in [0.15, 0.2) is 0 Å². The third-order valence-corrected chi connectivity index (χ3v) is 4.95. The first kappa shape index (κ1) is 19.0. The van der Waals surface area contributed by atoms with Crippen molar-refractivity contribution >= 4 is 5.91 Å². The Bertz CT molecular complexity index is 960. The summed E-state index contributed by atoms with van der Waals surface area (Å²) in [5.41, 5.74) is 1.19. The number of benzene rings is 1. The average molecular weight is 393 g/mol. The fraction of sp³-hybridized carbons (Fsp3) is 0.381. The SMILES string of the molecule is CCOc1ccccc1C(=O)N1CCC[C@H](Cc2nc(-c3cnccn3)no2)C1. The molecule has 0 radical (unpaired) electrons.